The molecule has 2 fully saturated rings. The molecule has 4 nitrogen and oxygen atoms in total. The molecule has 1 atom stereocenters. The number of ether oxygens (including phenoxy) is 2. The Morgan fingerprint density at radius 2 is 2.00 bits per heavy atom. The van der Waals surface area contributed by atoms with Crippen molar-refractivity contribution in [3.8, 4) is 0 Å². The molecule has 0 spiro atoms. The van der Waals surface area contributed by atoms with Crippen molar-refractivity contribution in [2.24, 2.45) is 11.3 Å². The zero-order valence-corrected chi connectivity index (χ0v) is 10.8. The van der Waals surface area contributed by atoms with E-state index >= 15 is 0 Å². The van der Waals surface area contributed by atoms with Crippen LogP contribution in [0.5, 0.6) is 0 Å². The maximum absolute atomic E-state index is 12.0. The SMILES string of the molecule is CNC(C1CCCCC1)C1(C(=O)OC)COC1. The first kappa shape index (κ1) is 12.8. The first-order valence-electron chi connectivity index (χ1n) is 6.58. The molecule has 1 aliphatic heterocycles. The second-order valence-corrected chi connectivity index (χ2v) is 5.30. The third-order valence-electron chi connectivity index (χ3n) is 4.34. The summed E-state index contributed by atoms with van der Waals surface area (Å²) in [6.07, 6.45) is 6.31. The number of rotatable bonds is 4. The average molecular weight is 241 g/mol. The Kier molecular flexibility index (Phi) is 4.05. The standard InChI is InChI=1S/C13H23NO3/c1-14-11(10-6-4-3-5-7-10)13(8-17-9-13)12(15)16-2/h10-11,14H,3-9H2,1-2H3. The molecule has 98 valence electrons. The fourth-order valence-electron chi connectivity index (χ4n) is 3.38. The first-order chi connectivity index (χ1) is 8.24. The number of methoxy groups -OCH3 is 1. The van der Waals surface area contributed by atoms with Crippen LogP contribution in [0.15, 0.2) is 0 Å². The molecular formula is C13H23NO3. The fraction of sp³-hybridized carbons (Fsp3) is 0.923. The summed E-state index contributed by atoms with van der Waals surface area (Å²) in [4.78, 5) is 12.0. The quantitative estimate of drug-likeness (QED) is 0.755. The van der Waals surface area contributed by atoms with Crippen LogP contribution in [0.3, 0.4) is 0 Å². The van der Waals surface area contributed by atoms with E-state index in [1.54, 1.807) is 0 Å². The number of esters is 1. The van der Waals surface area contributed by atoms with Crippen LogP contribution in [0, 0.1) is 11.3 Å². The van der Waals surface area contributed by atoms with Crippen molar-refractivity contribution in [3.05, 3.63) is 0 Å². The van der Waals surface area contributed by atoms with E-state index in [-0.39, 0.29) is 12.0 Å². The van der Waals surface area contributed by atoms with E-state index in [1.807, 2.05) is 7.05 Å². The van der Waals surface area contributed by atoms with Crippen LogP contribution in [0.25, 0.3) is 0 Å². The number of carbonyl (C=O) groups is 1. The molecule has 4 heteroatoms. The minimum absolute atomic E-state index is 0.117. The molecule has 1 saturated heterocycles. The molecular weight excluding hydrogens is 218 g/mol. The zero-order chi connectivity index (χ0) is 12.3. The van der Waals surface area contributed by atoms with Gasteiger partial charge in [0.2, 0.25) is 0 Å². The molecule has 17 heavy (non-hydrogen) atoms. The normalized spacial score (nSPS) is 26.0. The van der Waals surface area contributed by atoms with Gasteiger partial charge >= 0.3 is 5.97 Å². The Morgan fingerprint density at radius 3 is 2.41 bits per heavy atom. The highest BCUT2D eigenvalue weighted by atomic mass is 16.5. The van der Waals surface area contributed by atoms with Gasteiger partial charge in [-0.05, 0) is 25.8 Å². The summed E-state index contributed by atoms with van der Waals surface area (Å²) in [5.74, 6) is 0.463. The van der Waals surface area contributed by atoms with Crippen LogP contribution in [0.4, 0.5) is 0 Å². The van der Waals surface area contributed by atoms with Crippen molar-refractivity contribution in [1.82, 2.24) is 5.32 Å². The van der Waals surface area contributed by atoms with Gasteiger partial charge in [-0.2, -0.15) is 0 Å². The van der Waals surface area contributed by atoms with Crippen LogP contribution < -0.4 is 5.32 Å². The van der Waals surface area contributed by atoms with Crippen molar-refractivity contribution in [2.45, 2.75) is 38.1 Å². The van der Waals surface area contributed by atoms with Crippen LogP contribution in [0.1, 0.15) is 32.1 Å². The van der Waals surface area contributed by atoms with Crippen molar-refractivity contribution < 1.29 is 14.3 Å². The summed E-state index contributed by atoms with van der Waals surface area (Å²) < 4.78 is 10.3. The fourth-order valence-corrected chi connectivity index (χ4v) is 3.38. The van der Waals surface area contributed by atoms with E-state index < -0.39 is 5.41 Å². The van der Waals surface area contributed by atoms with Crippen LogP contribution in [-0.4, -0.2) is 39.4 Å². The zero-order valence-electron chi connectivity index (χ0n) is 10.8. The van der Waals surface area contributed by atoms with Crippen LogP contribution >= 0.6 is 0 Å². The van der Waals surface area contributed by atoms with Crippen molar-refractivity contribution in [2.75, 3.05) is 27.4 Å². The van der Waals surface area contributed by atoms with Gasteiger partial charge in [0.1, 0.15) is 5.41 Å². The molecule has 1 heterocycles. The second-order valence-electron chi connectivity index (χ2n) is 5.30. The van der Waals surface area contributed by atoms with Crippen molar-refractivity contribution in [1.29, 1.82) is 0 Å². The summed E-state index contributed by atoms with van der Waals surface area (Å²) >= 11 is 0. The minimum Gasteiger partial charge on any atom is -0.468 e. The van der Waals surface area contributed by atoms with Gasteiger partial charge in [-0.1, -0.05) is 19.3 Å². The molecule has 1 N–H and O–H groups in total. The average Bonchev–Trinajstić information content (AvgIpc) is 2.33. The molecule has 0 aromatic rings. The summed E-state index contributed by atoms with van der Waals surface area (Å²) in [6.45, 7) is 1.00. The van der Waals surface area contributed by atoms with Gasteiger partial charge in [0, 0.05) is 6.04 Å². The maximum Gasteiger partial charge on any atom is 0.318 e. The molecule has 2 rings (SSSR count). The van der Waals surface area contributed by atoms with Gasteiger partial charge in [0.25, 0.3) is 0 Å². The summed E-state index contributed by atoms with van der Waals surface area (Å²) in [6, 6.07) is 0.198. The maximum atomic E-state index is 12.0. The van der Waals surface area contributed by atoms with E-state index in [1.165, 1.54) is 39.2 Å². The smallest absolute Gasteiger partial charge is 0.318 e. The van der Waals surface area contributed by atoms with Gasteiger partial charge in [0.15, 0.2) is 0 Å². The molecule has 0 amide bonds. The largest absolute Gasteiger partial charge is 0.468 e. The van der Waals surface area contributed by atoms with Gasteiger partial charge in [-0.25, -0.2) is 0 Å². The van der Waals surface area contributed by atoms with E-state index in [9.17, 15) is 4.79 Å². The van der Waals surface area contributed by atoms with Gasteiger partial charge in [-0.15, -0.1) is 0 Å². The van der Waals surface area contributed by atoms with Crippen molar-refractivity contribution >= 4 is 5.97 Å². The summed E-state index contributed by atoms with van der Waals surface area (Å²) in [7, 11) is 3.41. The van der Waals surface area contributed by atoms with E-state index in [2.05, 4.69) is 5.32 Å². The summed E-state index contributed by atoms with van der Waals surface area (Å²) in [5, 5.41) is 3.35. The number of nitrogens with one attached hydrogen (secondary N) is 1. The lowest BCUT2D eigenvalue weighted by Crippen LogP contribution is -2.63. The molecule has 0 radical (unpaired) electrons. The molecule has 0 aromatic heterocycles. The Bertz CT molecular complexity index is 270. The van der Waals surface area contributed by atoms with Crippen LogP contribution in [0.2, 0.25) is 0 Å². The van der Waals surface area contributed by atoms with E-state index in [0.717, 1.165) is 0 Å². The minimum atomic E-state index is -0.439. The van der Waals surface area contributed by atoms with E-state index in [0.29, 0.717) is 19.1 Å². The Hall–Kier alpha value is -0.610. The lowest BCUT2D eigenvalue weighted by molar-refractivity contribution is -0.193. The third-order valence-corrected chi connectivity index (χ3v) is 4.34. The van der Waals surface area contributed by atoms with Gasteiger partial charge in [-0.3, -0.25) is 4.79 Å². The Balaban J connectivity index is 2.11. The Morgan fingerprint density at radius 1 is 1.35 bits per heavy atom. The van der Waals surface area contributed by atoms with Gasteiger partial charge < -0.3 is 14.8 Å². The highest BCUT2D eigenvalue weighted by Crippen LogP contribution is 2.40. The molecule has 1 saturated carbocycles. The first-order valence-corrected chi connectivity index (χ1v) is 6.58. The van der Waals surface area contributed by atoms with Crippen molar-refractivity contribution in [3.63, 3.8) is 0 Å². The molecule has 0 aromatic carbocycles. The topological polar surface area (TPSA) is 47.6 Å². The van der Waals surface area contributed by atoms with Crippen LogP contribution in [-0.2, 0) is 14.3 Å². The lowest BCUT2D eigenvalue weighted by Gasteiger charge is -2.48. The molecule has 1 aliphatic carbocycles. The number of hydrogen-bond acceptors (Lipinski definition) is 4. The second kappa shape index (κ2) is 5.36. The monoisotopic (exact) mass is 241 g/mol. The lowest BCUT2D eigenvalue weighted by atomic mass is 9.68. The number of hydrogen-bond donors (Lipinski definition) is 1. The Labute approximate surface area is 103 Å². The number of carbonyl (C=O) groups excluding carboxylic acids is 1. The highest BCUT2D eigenvalue weighted by molar-refractivity contribution is 5.79. The molecule has 2 aliphatic rings. The highest BCUT2D eigenvalue weighted by Gasteiger charge is 2.54. The van der Waals surface area contributed by atoms with Gasteiger partial charge in [0.05, 0.1) is 20.3 Å². The molecule has 1 unspecified atom stereocenters. The predicted octanol–water partition coefficient (Wildman–Crippen LogP) is 1.34. The third kappa shape index (κ3) is 2.20. The van der Waals surface area contributed by atoms with E-state index in [4.69, 9.17) is 9.47 Å². The molecule has 0 bridgehead atoms. The predicted molar refractivity (Wildman–Crippen MR) is 64.7 cm³/mol. The summed E-state index contributed by atoms with van der Waals surface area (Å²) in [5.41, 5.74) is -0.439.